The van der Waals surface area contributed by atoms with Crippen LogP contribution in [0.1, 0.15) is 91.9 Å². The number of pyridine rings is 2. The number of hydrogen-bond donors (Lipinski definition) is 6. The van der Waals surface area contributed by atoms with Crippen LogP contribution in [0, 0.1) is 0 Å². The van der Waals surface area contributed by atoms with Crippen molar-refractivity contribution in [2.45, 2.75) is 116 Å². The minimum atomic E-state index is -0.409. The Morgan fingerprint density at radius 1 is 0.694 bits per heavy atom. The molecule has 36 heavy (non-hydrogen) atoms. The number of rotatable bonds is 16. The minimum absolute atomic E-state index is 0.0130. The lowest BCUT2D eigenvalue weighted by atomic mass is 10.0. The third-order valence-electron chi connectivity index (χ3n) is 6.22. The first kappa shape index (κ1) is 31.4. The number of nitrogens with zero attached hydrogens (tertiary/aromatic N) is 2. The highest BCUT2D eigenvalue weighted by Crippen LogP contribution is 2.19. The fourth-order valence-corrected chi connectivity index (χ4v) is 3.88. The SMILES string of the molecule is CCCCCCC(Nc1ncccc1N)C(C)O.CCCCCCC(Nc1ncccc1N)C(C)O. The van der Waals surface area contributed by atoms with Gasteiger partial charge in [-0.3, -0.25) is 0 Å². The molecule has 0 saturated carbocycles. The van der Waals surface area contributed by atoms with Gasteiger partial charge in [-0.2, -0.15) is 0 Å². The van der Waals surface area contributed by atoms with Crippen molar-refractivity contribution < 1.29 is 10.2 Å². The van der Waals surface area contributed by atoms with E-state index >= 15 is 0 Å². The fraction of sp³-hybridized carbons (Fsp3) is 0.643. The molecular formula is C28H50N6O2. The molecule has 0 fully saturated rings. The molecule has 0 aliphatic carbocycles. The molecule has 2 heterocycles. The zero-order chi connectivity index (χ0) is 26.8. The number of aliphatic hydroxyl groups is 2. The average molecular weight is 503 g/mol. The normalized spacial score (nSPS) is 14.2. The van der Waals surface area contributed by atoms with Gasteiger partial charge in [0.05, 0.1) is 35.7 Å². The lowest BCUT2D eigenvalue weighted by Gasteiger charge is -2.22. The molecule has 4 unspecified atom stereocenters. The maximum atomic E-state index is 9.79. The minimum Gasteiger partial charge on any atom is -0.396 e. The van der Waals surface area contributed by atoms with Gasteiger partial charge in [-0.15, -0.1) is 0 Å². The van der Waals surface area contributed by atoms with Gasteiger partial charge in [0.1, 0.15) is 11.6 Å². The largest absolute Gasteiger partial charge is 0.396 e. The van der Waals surface area contributed by atoms with Gasteiger partial charge in [0.25, 0.3) is 0 Å². The number of aliphatic hydroxyl groups excluding tert-OH is 2. The smallest absolute Gasteiger partial charge is 0.149 e. The van der Waals surface area contributed by atoms with Crippen molar-refractivity contribution in [1.29, 1.82) is 0 Å². The van der Waals surface area contributed by atoms with Crippen LogP contribution in [0.25, 0.3) is 0 Å². The summed E-state index contributed by atoms with van der Waals surface area (Å²) in [7, 11) is 0. The Labute approximate surface area is 218 Å². The van der Waals surface area contributed by atoms with E-state index in [2.05, 4.69) is 34.4 Å². The third-order valence-corrected chi connectivity index (χ3v) is 6.22. The first-order chi connectivity index (χ1) is 17.3. The van der Waals surface area contributed by atoms with Crippen LogP contribution in [0.5, 0.6) is 0 Å². The molecule has 0 saturated heterocycles. The Morgan fingerprint density at radius 2 is 1.08 bits per heavy atom. The first-order valence-electron chi connectivity index (χ1n) is 13.6. The molecule has 4 atom stereocenters. The van der Waals surface area contributed by atoms with Gasteiger partial charge < -0.3 is 32.3 Å². The highest BCUT2D eigenvalue weighted by molar-refractivity contribution is 5.61. The predicted molar refractivity (Wildman–Crippen MR) is 153 cm³/mol. The lowest BCUT2D eigenvalue weighted by molar-refractivity contribution is 0.165. The molecule has 0 aliphatic heterocycles. The summed E-state index contributed by atoms with van der Waals surface area (Å²) in [5.74, 6) is 1.33. The van der Waals surface area contributed by atoms with Gasteiger partial charge in [-0.05, 0) is 51.0 Å². The number of nitrogens with one attached hydrogen (secondary N) is 2. The Bertz CT molecular complexity index is 751. The molecule has 8 nitrogen and oxygen atoms in total. The Morgan fingerprint density at radius 3 is 1.39 bits per heavy atom. The zero-order valence-corrected chi connectivity index (χ0v) is 22.8. The highest BCUT2D eigenvalue weighted by atomic mass is 16.3. The summed E-state index contributed by atoms with van der Waals surface area (Å²) < 4.78 is 0. The van der Waals surface area contributed by atoms with Crippen molar-refractivity contribution in [2.24, 2.45) is 0 Å². The van der Waals surface area contributed by atoms with Crippen molar-refractivity contribution in [2.75, 3.05) is 22.1 Å². The van der Waals surface area contributed by atoms with Crippen LogP contribution in [-0.4, -0.2) is 44.5 Å². The van der Waals surface area contributed by atoms with Crippen molar-refractivity contribution in [3.8, 4) is 0 Å². The topological polar surface area (TPSA) is 142 Å². The van der Waals surface area contributed by atoms with Crippen LogP contribution in [-0.2, 0) is 0 Å². The van der Waals surface area contributed by atoms with E-state index in [1.807, 2.05) is 12.1 Å². The molecule has 0 amide bonds. The van der Waals surface area contributed by atoms with E-state index < -0.39 is 12.2 Å². The fourth-order valence-electron chi connectivity index (χ4n) is 3.88. The number of aromatic nitrogens is 2. The number of nitrogens with two attached hydrogens (primary N) is 2. The highest BCUT2D eigenvalue weighted by Gasteiger charge is 2.16. The van der Waals surface area contributed by atoms with E-state index in [0.29, 0.717) is 23.0 Å². The first-order valence-corrected chi connectivity index (χ1v) is 13.6. The van der Waals surface area contributed by atoms with Gasteiger partial charge in [-0.1, -0.05) is 65.2 Å². The molecule has 2 aromatic heterocycles. The molecule has 0 aliphatic rings. The number of anilines is 4. The molecule has 0 aromatic carbocycles. The Hall–Kier alpha value is -2.58. The van der Waals surface area contributed by atoms with Gasteiger partial charge >= 0.3 is 0 Å². The molecule has 204 valence electrons. The van der Waals surface area contributed by atoms with Crippen LogP contribution in [0.15, 0.2) is 36.7 Å². The summed E-state index contributed by atoms with van der Waals surface area (Å²) >= 11 is 0. The zero-order valence-electron chi connectivity index (χ0n) is 22.8. The van der Waals surface area contributed by atoms with Gasteiger partial charge in [0.2, 0.25) is 0 Å². The maximum absolute atomic E-state index is 9.79. The van der Waals surface area contributed by atoms with Crippen LogP contribution in [0.2, 0.25) is 0 Å². The summed E-state index contributed by atoms with van der Waals surface area (Å²) in [5, 5.41) is 26.1. The van der Waals surface area contributed by atoms with Gasteiger partial charge in [0, 0.05) is 12.4 Å². The van der Waals surface area contributed by atoms with Crippen LogP contribution < -0.4 is 22.1 Å². The second kappa shape index (κ2) is 18.7. The second-order valence-corrected chi connectivity index (χ2v) is 9.56. The molecule has 8 heteroatoms. The Balaban J connectivity index is 0.000000360. The third kappa shape index (κ3) is 12.9. The summed E-state index contributed by atoms with van der Waals surface area (Å²) in [6, 6.07) is 7.26. The quantitative estimate of drug-likeness (QED) is 0.163. The van der Waals surface area contributed by atoms with Gasteiger partial charge in [-0.25, -0.2) is 9.97 Å². The molecule has 2 rings (SSSR count). The number of nitrogen functional groups attached to an aromatic ring is 2. The maximum Gasteiger partial charge on any atom is 0.149 e. The van der Waals surface area contributed by atoms with Crippen molar-refractivity contribution in [3.05, 3.63) is 36.7 Å². The van der Waals surface area contributed by atoms with Crippen molar-refractivity contribution in [1.82, 2.24) is 9.97 Å². The van der Waals surface area contributed by atoms with E-state index in [1.165, 1.54) is 38.5 Å². The molecule has 0 bridgehead atoms. The number of unbranched alkanes of at least 4 members (excludes halogenated alkanes) is 6. The standard InChI is InChI=1S/2C14H25N3O/c2*1-3-4-5-6-9-13(11(2)18)17-14-12(15)8-7-10-16-14/h2*7-8,10-11,13,18H,3-6,9,15H2,1-2H3,(H,16,17). The van der Waals surface area contributed by atoms with E-state index in [9.17, 15) is 10.2 Å². The van der Waals surface area contributed by atoms with E-state index in [-0.39, 0.29) is 12.1 Å². The van der Waals surface area contributed by atoms with E-state index in [0.717, 1.165) is 25.7 Å². The number of hydrogen-bond acceptors (Lipinski definition) is 8. The van der Waals surface area contributed by atoms with Crippen molar-refractivity contribution >= 4 is 23.0 Å². The summed E-state index contributed by atoms with van der Waals surface area (Å²) in [6.07, 6.45) is 14.0. The molecular weight excluding hydrogens is 452 g/mol. The molecule has 0 spiro atoms. The second-order valence-electron chi connectivity index (χ2n) is 9.56. The predicted octanol–water partition coefficient (Wildman–Crippen LogP) is 5.59. The van der Waals surface area contributed by atoms with E-state index in [4.69, 9.17) is 11.5 Å². The monoisotopic (exact) mass is 502 g/mol. The van der Waals surface area contributed by atoms with Gasteiger partial charge in [0.15, 0.2) is 0 Å². The van der Waals surface area contributed by atoms with Crippen LogP contribution >= 0.6 is 0 Å². The Kier molecular flexibility index (Phi) is 16.3. The lowest BCUT2D eigenvalue weighted by Crippen LogP contribution is -2.32. The summed E-state index contributed by atoms with van der Waals surface area (Å²) in [4.78, 5) is 8.40. The van der Waals surface area contributed by atoms with E-state index in [1.54, 1.807) is 38.4 Å². The van der Waals surface area contributed by atoms with Crippen LogP contribution in [0.3, 0.4) is 0 Å². The molecule has 2 aromatic rings. The summed E-state index contributed by atoms with van der Waals surface area (Å²) in [5.41, 5.74) is 12.9. The molecule has 0 radical (unpaired) electrons. The average Bonchev–Trinajstić information content (AvgIpc) is 2.85. The van der Waals surface area contributed by atoms with Crippen LogP contribution in [0.4, 0.5) is 23.0 Å². The molecule has 8 N–H and O–H groups in total. The van der Waals surface area contributed by atoms with Crippen molar-refractivity contribution in [3.63, 3.8) is 0 Å². The summed E-state index contributed by atoms with van der Waals surface area (Å²) in [6.45, 7) is 7.99.